The molecule has 2 N–H and O–H groups in total. The summed E-state index contributed by atoms with van der Waals surface area (Å²) < 4.78 is 0. The van der Waals surface area contributed by atoms with E-state index in [1.165, 1.54) is 0 Å². The fourth-order valence-corrected chi connectivity index (χ4v) is 2.72. The number of hydrogen-bond donors (Lipinski definition) is 2. The highest BCUT2D eigenvalue weighted by molar-refractivity contribution is 7.99. The summed E-state index contributed by atoms with van der Waals surface area (Å²) in [5.41, 5.74) is 0. The number of carbonyl (C=O) groups excluding carboxylic acids is 1. The molecule has 1 amide bonds. The van der Waals surface area contributed by atoms with E-state index in [4.69, 9.17) is 5.11 Å². The molecule has 2 unspecified atom stereocenters. The number of aliphatic hydroxyl groups excluding tert-OH is 1. The van der Waals surface area contributed by atoms with Crippen molar-refractivity contribution in [2.75, 3.05) is 18.1 Å². The Kier molecular flexibility index (Phi) is 5.33. The van der Waals surface area contributed by atoms with E-state index in [-0.39, 0.29) is 17.9 Å². The van der Waals surface area contributed by atoms with Crippen LogP contribution in [0, 0.1) is 5.92 Å². The molecule has 82 valence electrons. The summed E-state index contributed by atoms with van der Waals surface area (Å²) in [7, 11) is 0. The Hall–Kier alpha value is -0.220. The minimum absolute atomic E-state index is 0.195. The zero-order chi connectivity index (χ0) is 10.4. The van der Waals surface area contributed by atoms with Crippen molar-refractivity contribution in [3.05, 3.63) is 0 Å². The summed E-state index contributed by atoms with van der Waals surface area (Å²) in [5.74, 6) is 2.51. The van der Waals surface area contributed by atoms with E-state index in [0.29, 0.717) is 6.54 Å². The van der Waals surface area contributed by atoms with E-state index in [9.17, 15) is 4.79 Å². The molecule has 0 aromatic heterocycles. The predicted octanol–water partition coefficient (Wildman–Crippen LogP) is 1.02. The molecule has 2 atom stereocenters. The van der Waals surface area contributed by atoms with Crippen molar-refractivity contribution in [2.45, 2.75) is 32.3 Å². The van der Waals surface area contributed by atoms with Gasteiger partial charge in [0.25, 0.3) is 0 Å². The maximum Gasteiger partial charge on any atom is 0.223 e. The summed E-state index contributed by atoms with van der Waals surface area (Å²) in [6, 6.07) is 0. The molecule has 1 aliphatic rings. The molecular weight excluding hydrogens is 198 g/mol. The zero-order valence-electron chi connectivity index (χ0n) is 8.66. The number of thioether (sulfide) groups is 1. The largest absolute Gasteiger partial charge is 0.393 e. The third kappa shape index (κ3) is 4.33. The predicted molar refractivity (Wildman–Crippen MR) is 59.4 cm³/mol. The molecule has 0 aromatic rings. The molecule has 0 aromatic carbocycles. The van der Waals surface area contributed by atoms with Crippen molar-refractivity contribution >= 4 is 17.7 Å². The van der Waals surface area contributed by atoms with E-state index in [1.807, 2.05) is 11.8 Å². The van der Waals surface area contributed by atoms with Crippen LogP contribution in [0.4, 0.5) is 0 Å². The second-order valence-corrected chi connectivity index (χ2v) is 4.99. The van der Waals surface area contributed by atoms with Crippen LogP contribution in [0.25, 0.3) is 0 Å². The van der Waals surface area contributed by atoms with Crippen LogP contribution < -0.4 is 5.32 Å². The van der Waals surface area contributed by atoms with Gasteiger partial charge in [-0.2, -0.15) is 11.8 Å². The third-order valence-electron chi connectivity index (χ3n) is 2.40. The van der Waals surface area contributed by atoms with Gasteiger partial charge >= 0.3 is 0 Å². The number of amides is 1. The molecule has 0 radical (unpaired) electrons. The van der Waals surface area contributed by atoms with Crippen LogP contribution in [0.3, 0.4) is 0 Å². The minimum atomic E-state index is -0.256. The average Bonchev–Trinajstić information content (AvgIpc) is 2.64. The molecular formula is C10H19NO2S. The highest BCUT2D eigenvalue weighted by Gasteiger charge is 2.22. The second kappa shape index (κ2) is 6.30. The number of aliphatic hydroxyl groups is 1. The molecule has 1 aliphatic heterocycles. The molecule has 3 nitrogen and oxygen atoms in total. The van der Waals surface area contributed by atoms with Gasteiger partial charge in [0.05, 0.1) is 6.10 Å². The summed E-state index contributed by atoms with van der Waals surface area (Å²) >= 11 is 1.85. The Balaban J connectivity index is 2.03. The number of hydrogen-bond acceptors (Lipinski definition) is 3. The molecule has 1 heterocycles. The molecule has 1 saturated heterocycles. The topological polar surface area (TPSA) is 49.3 Å². The molecule has 4 heteroatoms. The Morgan fingerprint density at radius 2 is 2.50 bits per heavy atom. The van der Waals surface area contributed by atoms with Gasteiger partial charge in [-0.3, -0.25) is 4.79 Å². The maximum atomic E-state index is 11.5. The molecule has 0 aliphatic carbocycles. The zero-order valence-corrected chi connectivity index (χ0v) is 9.48. The summed E-state index contributed by atoms with van der Waals surface area (Å²) in [5, 5.41) is 11.9. The van der Waals surface area contributed by atoms with Crippen LogP contribution in [0.5, 0.6) is 0 Å². The standard InChI is InChI=1S/C10H19NO2S/c1-8(12)3-2-5-11-10(13)9-4-6-14-7-9/h8-9,12H,2-7H2,1H3,(H,11,13). The molecule has 0 spiro atoms. The smallest absolute Gasteiger partial charge is 0.223 e. The molecule has 1 fully saturated rings. The lowest BCUT2D eigenvalue weighted by molar-refractivity contribution is -0.124. The second-order valence-electron chi connectivity index (χ2n) is 3.84. The van der Waals surface area contributed by atoms with Crippen LogP contribution in [0.1, 0.15) is 26.2 Å². The van der Waals surface area contributed by atoms with Crippen molar-refractivity contribution in [3.8, 4) is 0 Å². The maximum absolute atomic E-state index is 11.5. The van der Waals surface area contributed by atoms with Gasteiger partial charge in [0.15, 0.2) is 0 Å². The highest BCUT2D eigenvalue weighted by atomic mass is 32.2. The van der Waals surface area contributed by atoms with Crippen molar-refractivity contribution < 1.29 is 9.90 Å². The van der Waals surface area contributed by atoms with Gasteiger partial charge in [-0.1, -0.05) is 0 Å². The Morgan fingerprint density at radius 1 is 1.71 bits per heavy atom. The van der Waals surface area contributed by atoms with Gasteiger partial charge < -0.3 is 10.4 Å². The van der Waals surface area contributed by atoms with Crippen LogP contribution in [-0.2, 0) is 4.79 Å². The fraction of sp³-hybridized carbons (Fsp3) is 0.900. The van der Waals surface area contributed by atoms with Gasteiger partial charge in [0.2, 0.25) is 5.91 Å². The lowest BCUT2D eigenvalue weighted by Crippen LogP contribution is -2.31. The van der Waals surface area contributed by atoms with Crippen LogP contribution in [0.15, 0.2) is 0 Å². The fourth-order valence-electron chi connectivity index (χ4n) is 1.49. The first-order valence-corrected chi connectivity index (χ1v) is 6.39. The van der Waals surface area contributed by atoms with Crippen LogP contribution in [0.2, 0.25) is 0 Å². The lowest BCUT2D eigenvalue weighted by Gasteiger charge is -2.10. The van der Waals surface area contributed by atoms with Crippen LogP contribution >= 0.6 is 11.8 Å². The van der Waals surface area contributed by atoms with Crippen molar-refractivity contribution in [1.29, 1.82) is 0 Å². The molecule has 0 saturated carbocycles. The Labute approximate surface area is 89.6 Å². The van der Waals surface area contributed by atoms with Crippen molar-refractivity contribution in [3.63, 3.8) is 0 Å². The lowest BCUT2D eigenvalue weighted by atomic mass is 10.1. The first-order valence-electron chi connectivity index (χ1n) is 5.23. The molecule has 0 bridgehead atoms. The minimum Gasteiger partial charge on any atom is -0.393 e. The Morgan fingerprint density at radius 3 is 3.07 bits per heavy atom. The van der Waals surface area contributed by atoms with Gasteiger partial charge in [-0.05, 0) is 31.9 Å². The van der Waals surface area contributed by atoms with Gasteiger partial charge in [0.1, 0.15) is 0 Å². The van der Waals surface area contributed by atoms with Crippen LogP contribution in [-0.4, -0.2) is 35.2 Å². The first-order chi connectivity index (χ1) is 6.70. The van der Waals surface area contributed by atoms with Gasteiger partial charge in [0, 0.05) is 18.2 Å². The van der Waals surface area contributed by atoms with Crippen molar-refractivity contribution in [1.82, 2.24) is 5.32 Å². The van der Waals surface area contributed by atoms with Crippen molar-refractivity contribution in [2.24, 2.45) is 5.92 Å². The number of rotatable bonds is 5. The van der Waals surface area contributed by atoms with E-state index in [1.54, 1.807) is 6.92 Å². The van der Waals surface area contributed by atoms with E-state index >= 15 is 0 Å². The summed E-state index contributed by atoms with van der Waals surface area (Å²) in [4.78, 5) is 11.5. The van der Waals surface area contributed by atoms with E-state index < -0.39 is 0 Å². The van der Waals surface area contributed by atoms with E-state index in [2.05, 4.69) is 5.32 Å². The monoisotopic (exact) mass is 217 g/mol. The number of carbonyl (C=O) groups is 1. The van der Waals surface area contributed by atoms with E-state index in [0.717, 1.165) is 30.8 Å². The van der Waals surface area contributed by atoms with Gasteiger partial charge in [-0.25, -0.2) is 0 Å². The molecule has 14 heavy (non-hydrogen) atoms. The highest BCUT2D eigenvalue weighted by Crippen LogP contribution is 2.23. The SMILES string of the molecule is CC(O)CCCNC(=O)C1CCSC1. The normalized spacial score (nSPS) is 23.4. The summed E-state index contributed by atoms with van der Waals surface area (Å²) in [6.45, 7) is 2.47. The molecule has 1 rings (SSSR count). The van der Waals surface area contributed by atoms with Gasteiger partial charge in [-0.15, -0.1) is 0 Å². The summed E-state index contributed by atoms with van der Waals surface area (Å²) in [6.07, 6.45) is 2.39. The Bertz CT molecular complexity index is 179. The third-order valence-corrected chi connectivity index (χ3v) is 3.56. The first kappa shape index (κ1) is 11.9. The number of nitrogens with one attached hydrogen (secondary N) is 1. The quantitative estimate of drug-likeness (QED) is 0.676. The average molecular weight is 217 g/mol.